The van der Waals surface area contributed by atoms with Crippen molar-refractivity contribution in [2.45, 2.75) is 101 Å². The molecule has 0 bridgehead atoms. The molecule has 0 aromatic carbocycles. The Labute approximate surface area is 158 Å². The highest BCUT2D eigenvalue weighted by Crippen LogP contribution is 2.34. The lowest BCUT2D eigenvalue weighted by Gasteiger charge is -2.27. The number of rotatable bonds is 6. The van der Waals surface area contributed by atoms with Gasteiger partial charge in [0.2, 0.25) is 0 Å². The van der Waals surface area contributed by atoms with Crippen LogP contribution in [0.25, 0.3) is 5.53 Å². The van der Waals surface area contributed by atoms with Crippen molar-refractivity contribution >= 4 is 24.1 Å². The van der Waals surface area contributed by atoms with Crippen LogP contribution in [0, 0.1) is 5.92 Å². The maximum Gasteiger partial charge on any atom is 0.495 e. The maximum atomic E-state index is 12.9. The third-order valence-corrected chi connectivity index (χ3v) is 11.2. The molecule has 0 spiro atoms. The van der Waals surface area contributed by atoms with Crippen LogP contribution in [0.1, 0.15) is 90.4 Å². The topological polar surface area (TPSA) is 105 Å². The molecular formula is C18H32N2O4S2. The quantitative estimate of drug-likeness (QED) is 0.220. The number of sulfone groups is 2. The van der Waals surface area contributed by atoms with Gasteiger partial charge in [0.05, 0.1) is 10.5 Å². The van der Waals surface area contributed by atoms with E-state index in [2.05, 4.69) is 11.7 Å². The first kappa shape index (κ1) is 21.6. The van der Waals surface area contributed by atoms with Crippen molar-refractivity contribution in [3.63, 3.8) is 0 Å². The van der Waals surface area contributed by atoms with Crippen molar-refractivity contribution in [1.29, 1.82) is 0 Å². The third kappa shape index (κ3) is 4.96. The van der Waals surface area contributed by atoms with Gasteiger partial charge in [-0.05, 0) is 44.4 Å². The first-order valence-electron chi connectivity index (χ1n) is 10.0. The van der Waals surface area contributed by atoms with Crippen LogP contribution in [0.3, 0.4) is 0 Å². The van der Waals surface area contributed by atoms with E-state index in [9.17, 15) is 22.4 Å². The van der Waals surface area contributed by atoms with E-state index < -0.39 is 34.6 Å². The van der Waals surface area contributed by atoms with E-state index in [0.717, 1.165) is 44.9 Å². The predicted molar refractivity (Wildman–Crippen MR) is 103 cm³/mol. The van der Waals surface area contributed by atoms with Gasteiger partial charge in [0.1, 0.15) is 0 Å². The van der Waals surface area contributed by atoms with Crippen LogP contribution in [0.4, 0.5) is 0 Å². The Morgan fingerprint density at radius 3 is 1.88 bits per heavy atom. The lowest BCUT2D eigenvalue weighted by molar-refractivity contribution is 0.00358. The second kappa shape index (κ2) is 9.47. The van der Waals surface area contributed by atoms with Gasteiger partial charge in [0, 0.05) is 0 Å². The van der Waals surface area contributed by atoms with E-state index in [0.29, 0.717) is 31.6 Å². The summed E-state index contributed by atoms with van der Waals surface area (Å²) in [6.45, 7) is 2.16. The van der Waals surface area contributed by atoms with Crippen LogP contribution in [0.15, 0.2) is 0 Å². The zero-order valence-electron chi connectivity index (χ0n) is 15.8. The summed E-state index contributed by atoms with van der Waals surface area (Å²) in [6, 6.07) is 0. The van der Waals surface area contributed by atoms with Crippen molar-refractivity contribution in [3.8, 4) is 0 Å². The van der Waals surface area contributed by atoms with Gasteiger partial charge in [-0.25, -0.2) is 16.8 Å². The first-order chi connectivity index (χ1) is 12.3. The average molecular weight is 405 g/mol. The van der Waals surface area contributed by atoms with Gasteiger partial charge in [-0.1, -0.05) is 51.9 Å². The van der Waals surface area contributed by atoms with E-state index in [1.807, 2.05) is 0 Å². The Morgan fingerprint density at radius 2 is 1.38 bits per heavy atom. The molecule has 8 heteroatoms. The monoisotopic (exact) mass is 404 g/mol. The maximum absolute atomic E-state index is 12.9. The highest BCUT2D eigenvalue weighted by atomic mass is 32.3. The van der Waals surface area contributed by atoms with Gasteiger partial charge in [-0.15, -0.1) is 4.79 Å². The van der Waals surface area contributed by atoms with Gasteiger partial charge in [0.25, 0.3) is 19.7 Å². The van der Waals surface area contributed by atoms with Crippen molar-refractivity contribution in [1.82, 2.24) is 0 Å². The van der Waals surface area contributed by atoms with Gasteiger partial charge in [0.15, 0.2) is 0 Å². The van der Waals surface area contributed by atoms with Gasteiger partial charge in [-0.3, -0.25) is 0 Å². The number of nitrogens with zero attached hydrogens (tertiary/aromatic N) is 2. The van der Waals surface area contributed by atoms with E-state index >= 15 is 0 Å². The minimum atomic E-state index is -4.12. The molecule has 2 aliphatic carbocycles. The molecule has 150 valence electrons. The molecule has 0 amide bonds. The third-order valence-electron chi connectivity index (χ3n) is 6.01. The van der Waals surface area contributed by atoms with Crippen LogP contribution in [0.2, 0.25) is 0 Å². The highest BCUT2D eigenvalue weighted by molar-refractivity contribution is 8.31. The fraction of sp³-hybridized carbons (Fsp3) is 0.944. The molecule has 0 aromatic heterocycles. The number of hydrogen-bond acceptors (Lipinski definition) is 4. The molecule has 0 aromatic rings. The molecule has 0 unspecified atom stereocenters. The van der Waals surface area contributed by atoms with E-state index in [4.69, 9.17) is 0 Å². The normalized spacial score (nSPS) is 25.6. The summed E-state index contributed by atoms with van der Waals surface area (Å²) in [5, 5.41) is -1.48. The molecule has 26 heavy (non-hydrogen) atoms. The van der Waals surface area contributed by atoms with E-state index in [1.54, 1.807) is 0 Å². The van der Waals surface area contributed by atoms with Gasteiger partial charge < -0.3 is 5.53 Å². The summed E-state index contributed by atoms with van der Waals surface area (Å²) in [5.41, 5.74) is 9.28. The Bertz CT molecular complexity index is 710. The Hall–Kier alpha value is -0.720. The predicted octanol–water partition coefficient (Wildman–Crippen LogP) is 3.87. The standard InChI is InChI=1S/C18H32N2O4S2/c1-2-3-5-8-15-11-13-17(14-12-15)26(23,24)18(20-19)25(21,22)16-9-6-4-7-10-16/h15-17H,2-14H2,1H3. The molecule has 2 aliphatic rings. The van der Waals surface area contributed by atoms with Crippen LogP contribution < -0.4 is 0 Å². The van der Waals surface area contributed by atoms with Crippen LogP contribution in [0.5, 0.6) is 0 Å². The molecule has 0 saturated heterocycles. The molecule has 2 saturated carbocycles. The lowest BCUT2D eigenvalue weighted by atomic mass is 9.85. The Morgan fingerprint density at radius 1 is 0.846 bits per heavy atom. The minimum absolute atomic E-state index is 0.445. The molecule has 0 atom stereocenters. The molecule has 2 rings (SSSR count). The molecule has 0 N–H and O–H groups in total. The summed E-state index contributed by atoms with van der Waals surface area (Å²) in [7, 11) is -8.22. The molecule has 2 fully saturated rings. The second-order valence-corrected chi connectivity index (χ2v) is 12.4. The fourth-order valence-electron chi connectivity index (χ4n) is 4.35. The summed E-state index contributed by atoms with van der Waals surface area (Å²) in [4.78, 5) is 2.80. The first-order valence-corrected chi connectivity index (χ1v) is 13.1. The molecular weight excluding hydrogens is 372 g/mol. The zero-order chi connectivity index (χ0) is 19.2. The Balaban J connectivity index is 2.07. The van der Waals surface area contributed by atoms with Crippen LogP contribution in [-0.4, -0.2) is 36.5 Å². The SMILES string of the molecule is CCCCCC1CCC(S(=O)(=O)C(=[N+]=[N-])S(=O)(=O)C2CCCCC2)CC1. The lowest BCUT2D eigenvalue weighted by Crippen LogP contribution is -2.41. The second-order valence-electron chi connectivity index (χ2n) is 7.85. The van der Waals surface area contributed by atoms with Gasteiger partial charge in [-0.2, -0.15) is 0 Å². The van der Waals surface area contributed by atoms with E-state index in [1.165, 1.54) is 12.8 Å². The molecule has 6 nitrogen and oxygen atoms in total. The minimum Gasteiger partial charge on any atom is -0.359 e. The molecule has 0 radical (unpaired) electrons. The van der Waals surface area contributed by atoms with Crippen LogP contribution >= 0.6 is 0 Å². The van der Waals surface area contributed by atoms with Gasteiger partial charge >= 0.3 is 4.38 Å². The summed E-state index contributed by atoms with van der Waals surface area (Å²) < 4.78 is 50.4. The molecule has 0 heterocycles. The summed E-state index contributed by atoms with van der Waals surface area (Å²) in [6.07, 6.45) is 10.5. The van der Waals surface area contributed by atoms with Crippen molar-refractivity contribution in [2.75, 3.05) is 0 Å². The highest BCUT2D eigenvalue weighted by Gasteiger charge is 2.50. The average Bonchev–Trinajstić information content (AvgIpc) is 2.63. The fourth-order valence-corrected chi connectivity index (χ4v) is 9.11. The zero-order valence-corrected chi connectivity index (χ0v) is 17.4. The summed E-state index contributed by atoms with van der Waals surface area (Å²) in [5.74, 6) is 0.525. The van der Waals surface area contributed by atoms with Crippen molar-refractivity contribution in [2.24, 2.45) is 5.92 Å². The van der Waals surface area contributed by atoms with Crippen molar-refractivity contribution < 1.29 is 21.6 Å². The Kier molecular flexibility index (Phi) is 7.86. The smallest absolute Gasteiger partial charge is 0.359 e. The largest absolute Gasteiger partial charge is 0.495 e. The number of hydrogen-bond donors (Lipinski definition) is 0. The number of unbranched alkanes of at least 4 members (excludes halogenated alkanes) is 2. The van der Waals surface area contributed by atoms with E-state index in [-0.39, 0.29) is 0 Å². The van der Waals surface area contributed by atoms with Crippen molar-refractivity contribution in [3.05, 3.63) is 5.53 Å². The van der Waals surface area contributed by atoms with Crippen LogP contribution in [-0.2, 0) is 19.7 Å². The summed E-state index contributed by atoms with van der Waals surface area (Å²) >= 11 is 0. The molecule has 0 aliphatic heterocycles.